The van der Waals surface area contributed by atoms with E-state index in [0.717, 1.165) is 19.3 Å². The van der Waals surface area contributed by atoms with Crippen molar-refractivity contribution in [2.24, 2.45) is 0 Å². The molecule has 0 aromatic rings. The highest BCUT2D eigenvalue weighted by molar-refractivity contribution is 9.41. The highest BCUT2D eigenvalue weighted by Gasteiger charge is 2.07. The molecule has 1 N–H and O–H groups in total. The van der Waals surface area contributed by atoms with E-state index in [2.05, 4.69) is 30.7 Å². The third kappa shape index (κ3) is 21.6. The normalized spacial score (nSPS) is 12.7. The second-order valence-corrected chi connectivity index (χ2v) is 14.9. The average Bonchev–Trinajstić information content (AvgIpc) is 2.62. The zero-order valence-corrected chi connectivity index (χ0v) is 20.7. The zero-order chi connectivity index (χ0) is 19.3. The van der Waals surface area contributed by atoms with E-state index in [4.69, 9.17) is 5.11 Å². The fraction of sp³-hybridized carbons (Fsp3) is 0.833. The molecular formula is C18H34O2S6. The van der Waals surface area contributed by atoms with Crippen LogP contribution in [-0.4, -0.2) is 16.3 Å². The highest BCUT2D eigenvalue weighted by atomic mass is 33.9. The summed E-state index contributed by atoms with van der Waals surface area (Å²) in [5.41, 5.74) is 0. The van der Waals surface area contributed by atoms with Gasteiger partial charge in [-0.05, 0) is 65.0 Å². The minimum atomic E-state index is -0.677. The Morgan fingerprint density at radius 3 is 2.38 bits per heavy atom. The number of carboxylic acid groups (broad SMARTS) is 1. The van der Waals surface area contributed by atoms with Gasteiger partial charge in [0, 0.05) is 11.7 Å². The summed E-state index contributed by atoms with van der Waals surface area (Å²) in [6.07, 6.45) is 19.7. The molecule has 1 atom stereocenters. The van der Waals surface area contributed by atoms with E-state index in [0.29, 0.717) is 11.7 Å². The first-order valence-corrected chi connectivity index (χ1v) is 16.8. The van der Waals surface area contributed by atoms with Gasteiger partial charge in [0.15, 0.2) is 0 Å². The van der Waals surface area contributed by atoms with Gasteiger partial charge < -0.3 is 5.11 Å². The van der Waals surface area contributed by atoms with E-state index < -0.39 is 5.97 Å². The van der Waals surface area contributed by atoms with Crippen molar-refractivity contribution in [3.63, 3.8) is 0 Å². The maximum Gasteiger partial charge on any atom is 0.303 e. The molecule has 0 saturated heterocycles. The van der Waals surface area contributed by atoms with E-state index in [1.165, 1.54) is 67.6 Å². The molecule has 1 unspecified atom stereocenters. The van der Waals surface area contributed by atoms with E-state index in [1.807, 2.05) is 20.6 Å². The fourth-order valence-electron chi connectivity index (χ4n) is 2.53. The third-order valence-electron chi connectivity index (χ3n) is 3.95. The maximum atomic E-state index is 10.5. The number of thiol groups is 1. The van der Waals surface area contributed by atoms with Crippen LogP contribution in [0.4, 0.5) is 0 Å². The molecule has 0 aliphatic carbocycles. The highest BCUT2D eigenvalue weighted by Crippen LogP contribution is 2.51. The smallest absolute Gasteiger partial charge is 0.303 e. The minimum absolute atomic E-state index is 0.307. The standard InChI is InChI=1S/C18H34O2S6/c1-2-3-4-5-6-7-8-11-14-17(22-24-26-25-23-21)15-12-9-10-13-16-18(19)20/h11,14,17,21H,2-10,12-13,15-16H2,1H3,(H,19,20). The van der Waals surface area contributed by atoms with Crippen molar-refractivity contribution < 1.29 is 9.90 Å². The summed E-state index contributed by atoms with van der Waals surface area (Å²) in [6.45, 7) is 2.26. The Labute approximate surface area is 184 Å². The molecule has 8 heteroatoms. The quantitative estimate of drug-likeness (QED) is 0.0787. The summed E-state index contributed by atoms with van der Waals surface area (Å²) in [5, 5.41) is 9.23. The lowest BCUT2D eigenvalue weighted by Crippen LogP contribution is -1.97. The largest absolute Gasteiger partial charge is 0.481 e. The monoisotopic (exact) mass is 474 g/mol. The second-order valence-electron chi connectivity index (χ2n) is 6.24. The Hall–Kier alpha value is 1.31. The zero-order valence-electron chi connectivity index (χ0n) is 15.8. The Morgan fingerprint density at radius 1 is 0.962 bits per heavy atom. The van der Waals surface area contributed by atoms with Crippen LogP contribution in [0.25, 0.3) is 0 Å². The summed E-state index contributed by atoms with van der Waals surface area (Å²) in [4.78, 5) is 10.5. The number of rotatable bonds is 20. The molecular weight excluding hydrogens is 441 g/mol. The number of hydrogen-bond acceptors (Lipinski definition) is 7. The molecule has 0 aromatic carbocycles. The van der Waals surface area contributed by atoms with Gasteiger partial charge in [0.2, 0.25) is 0 Å². The Balaban J connectivity index is 3.89. The average molecular weight is 475 g/mol. The van der Waals surface area contributed by atoms with Gasteiger partial charge in [0.1, 0.15) is 0 Å². The number of aliphatic carboxylic acids is 1. The van der Waals surface area contributed by atoms with Gasteiger partial charge in [-0.25, -0.2) is 0 Å². The van der Waals surface area contributed by atoms with E-state index >= 15 is 0 Å². The maximum absolute atomic E-state index is 10.5. The van der Waals surface area contributed by atoms with Gasteiger partial charge in [-0.3, -0.25) is 4.79 Å². The van der Waals surface area contributed by atoms with Crippen LogP contribution in [0.2, 0.25) is 0 Å². The topological polar surface area (TPSA) is 37.3 Å². The fourth-order valence-corrected chi connectivity index (χ4v) is 11.8. The number of allylic oxidation sites excluding steroid dienone is 1. The first-order valence-electron chi connectivity index (χ1n) is 9.56. The first kappa shape index (κ1) is 27.3. The van der Waals surface area contributed by atoms with Crippen molar-refractivity contribution in [2.75, 3.05) is 0 Å². The third-order valence-corrected chi connectivity index (χ3v) is 13.2. The summed E-state index contributed by atoms with van der Waals surface area (Å²) < 4.78 is 0. The summed E-state index contributed by atoms with van der Waals surface area (Å²) in [7, 11) is 8.72. The van der Waals surface area contributed by atoms with Crippen LogP contribution >= 0.6 is 61.8 Å². The van der Waals surface area contributed by atoms with Crippen molar-refractivity contribution in [1.29, 1.82) is 0 Å². The van der Waals surface area contributed by atoms with Gasteiger partial charge in [0.05, 0.1) is 0 Å². The molecule has 0 radical (unpaired) electrons. The lowest BCUT2D eigenvalue weighted by Gasteiger charge is -2.11. The van der Waals surface area contributed by atoms with Gasteiger partial charge >= 0.3 is 5.97 Å². The van der Waals surface area contributed by atoms with E-state index in [1.54, 1.807) is 19.7 Å². The van der Waals surface area contributed by atoms with Crippen LogP contribution in [0.15, 0.2) is 12.2 Å². The van der Waals surface area contributed by atoms with E-state index in [-0.39, 0.29) is 0 Å². The number of unbranched alkanes of at least 4 members (excludes halogenated alkanes) is 9. The van der Waals surface area contributed by atoms with Gasteiger partial charge in [-0.2, -0.15) is 0 Å². The van der Waals surface area contributed by atoms with Crippen LogP contribution in [0.3, 0.4) is 0 Å². The molecule has 0 fully saturated rings. The predicted molar refractivity (Wildman–Crippen MR) is 133 cm³/mol. The van der Waals surface area contributed by atoms with Crippen LogP contribution in [0.1, 0.15) is 90.4 Å². The molecule has 0 aliphatic heterocycles. The van der Waals surface area contributed by atoms with Gasteiger partial charge in [0.25, 0.3) is 0 Å². The lowest BCUT2D eigenvalue weighted by atomic mass is 10.1. The lowest BCUT2D eigenvalue weighted by molar-refractivity contribution is -0.137. The second kappa shape index (κ2) is 22.6. The summed E-state index contributed by atoms with van der Waals surface area (Å²) in [5.74, 6) is -0.677. The number of hydrogen-bond donors (Lipinski definition) is 2. The predicted octanol–water partition coefficient (Wildman–Crippen LogP) is 9.26. The molecule has 0 spiro atoms. The molecule has 2 nitrogen and oxygen atoms in total. The molecule has 0 amide bonds. The van der Waals surface area contributed by atoms with Crippen molar-refractivity contribution in [2.45, 2.75) is 95.6 Å². The Bertz CT molecular complexity index is 342. The molecule has 0 saturated carbocycles. The Morgan fingerprint density at radius 2 is 1.65 bits per heavy atom. The van der Waals surface area contributed by atoms with Gasteiger partial charge in [-0.15, -0.1) is 0 Å². The SMILES string of the molecule is CCCCCCCCC=CC(CCCCCCC(=O)O)SSSSSS. The Kier molecular flexibility index (Phi) is 23.7. The van der Waals surface area contributed by atoms with E-state index in [9.17, 15) is 4.79 Å². The van der Waals surface area contributed by atoms with Crippen molar-refractivity contribution in [1.82, 2.24) is 0 Å². The van der Waals surface area contributed by atoms with Crippen LogP contribution < -0.4 is 0 Å². The molecule has 0 bridgehead atoms. The molecule has 0 rings (SSSR count). The van der Waals surface area contributed by atoms with Crippen molar-refractivity contribution >= 4 is 67.7 Å². The molecule has 0 heterocycles. The minimum Gasteiger partial charge on any atom is -0.481 e. The van der Waals surface area contributed by atoms with Crippen molar-refractivity contribution in [3.05, 3.63) is 12.2 Å². The van der Waals surface area contributed by atoms with Crippen molar-refractivity contribution in [3.8, 4) is 0 Å². The molecule has 0 aliphatic rings. The van der Waals surface area contributed by atoms with Gasteiger partial charge in [-0.1, -0.05) is 92.9 Å². The number of carbonyl (C=O) groups is 1. The molecule has 26 heavy (non-hydrogen) atoms. The van der Waals surface area contributed by atoms with Crippen LogP contribution in [0.5, 0.6) is 0 Å². The van der Waals surface area contributed by atoms with Crippen LogP contribution in [0, 0.1) is 0 Å². The molecule has 154 valence electrons. The van der Waals surface area contributed by atoms with Crippen LogP contribution in [-0.2, 0) is 4.79 Å². The summed E-state index contributed by atoms with van der Waals surface area (Å²) >= 11 is 4.14. The molecule has 0 aromatic heterocycles. The first-order chi connectivity index (χ1) is 12.7. The summed E-state index contributed by atoms with van der Waals surface area (Å²) in [6, 6.07) is 0. The number of carboxylic acids is 1.